The minimum absolute atomic E-state index is 0.266. The summed E-state index contributed by atoms with van der Waals surface area (Å²) in [5.41, 5.74) is 2.78. The molecule has 0 spiro atoms. The first-order chi connectivity index (χ1) is 6.75. The van der Waals surface area contributed by atoms with Crippen LogP contribution in [0.3, 0.4) is 0 Å². The summed E-state index contributed by atoms with van der Waals surface area (Å²) in [5, 5.41) is 9.10. The van der Waals surface area contributed by atoms with Gasteiger partial charge in [-0.15, -0.1) is 0 Å². The van der Waals surface area contributed by atoms with Crippen LogP contribution >= 0.6 is 0 Å². The lowest BCUT2D eigenvalue weighted by Crippen LogP contribution is -2.19. The fourth-order valence-electron chi connectivity index (χ4n) is 1.91. The van der Waals surface area contributed by atoms with Crippen molar-refractivity contribution in [3.05, 3.63) is 35.4 Å². The highest BCUT2D eigenvalue weighted by Gasteiger charge is 2.21. The van der Waals surface area contributed by atoms with E-state index in [1.807, 2.05) is 0 Å². The van der Waals surface area contributed by atoms with Crippen LogP contribution in [0.1, 0.15) is 18.1 Å². The highest BCUT2D eigenvalue weighted by Crippen LogP contribution is 2.23. The minimum Gasteiger partial charge on any atom is -0.391 e. The van der Waals surface area contributed by atoms with Crippen LogP contribution in [0.15, 0.2) is 24.3 Å². The average molecular weight is 192 g/mol. The number of rotatable bonds is 3. The van der Waals surface area contributed by atoms with E-state index in [1.165, 1.54) is 11.1 Å². The summed E-state index contributed by atoms with van der Waals surface area (Å²) in [7, 11) is 0. The third-order valence-electron chi connectivity index (χ3n) is 2.59. The van der Waals surface area contributed by atoms with E-state index in [4.69, 9.17) is 9.84 Å². The van der Waals surface area contributed by atoms with Gasteiger partial charge >= 0.3 is 0 Å². The molecule has 0 bridgehead atoms. The van der Waals surface area contributed by atoms with Gasteiger partial charge in [0.2, 0.25) is 0 Å². The van der Waals surface area contributed by atoms with Gasteiger partial charge in [-0.2, -0.15) is 0 Å². The molecule has 1 aromatic carbocycles. The first-order valence-electron chi connectivity index (χ1n) is 5.12. The Bertz CT molecular complexity index is 282. The molecule has 1 aliphatic rings. The lowest BCUT2D eigenvalue weighted by Gasteiger charge is -2.12. The Labute approximate surface area is 84.5 Å². The molecule has 2 heteroatoms. The number of aliphatic hydroxyl groups is 1. The van der Waals surface area contributed by atoms with Crippen molar-refractivity contribution in [2.45, 2.75) is 32.0 Å². The van der Waals surface area contributed by atoms with Gasteiger partial charge in [0.1, 0.15) is 0 Å². The Kier molecular flexibility index (Phi) is 2.85. The average Bonchev–Trinajstić information content (AvgIpc) is 2.57. The highest BCUT2D eigenvalue weighted by molar-refractivity contribution is 5.32. The van der Waals surface area contributed by atoms with E-state index in [1.54, 1.807) is 6.92 Å². The van der Waals surface area contributed by atoms with Gasteiger partial charge in [0, 0.05) is 0 Å². The number of aliphatic hydroxyl groups excluding tert-OH is 1. The van der Waals surface area contributed by atoms with Crippen LogP contribution in [0.25, 0.3) is 0 Å². The fraction of sp³-hybridized carbons (Fsp3) is 0.500. The van der Waals surface area contributed by atoms with Crippen LogP contribution in [-0.4, -0.2) is 23.9 Å². The maximum absolute atomic E-state index is 9.10. The molecule has 0 aliphatic heterocycles. The molecule has 2 rings (SSSR count). The second-order valence-corrected chi connectivity index (χ2v) is 3.98. The van der Waals surface area contributed by atoms with Crippen molar-refractivity contribution < 1.29 is 9.84 Å². The van der Waals surface area contributed by atoms with Crippen LogP contribution in [0.2, 0.25) is 0 Å². The van der Waals surface area contributed by atoms with E-state index in [9.17, 15) is 0 Å². The predicted octanol–water partition coefficient (Wildman–Crippen LogP) is 1.55. The van der Waals surface area contributed by atoms with E-state index >= 15 is 0 Å². The number of hydrogen-bond donors (Lipinski definition) is 1. The van der Waals surface area contributed by atoms with E-state index in [0.717, 1.165) is 12.8 Å². The summed E-state index contributed by atoms with van der Waals surface area (Å²) in [5.74, 6) is 0. The van der Waals surface area contributed by atoms with Gasteiger partial charge in [0.25, 0.3) is 0 Å². The second-order valence-electron chi connectivity index (χ2n) is 3.98. The molecule has 0 heterocycles. The summed E-state index contributed by atoms with van der Waals surface area (Å²) in [6.07, 6.45) is 1.88. The zero-order valence-corrected chi connectivity index (χ0v) is 8.44. The number of fused-ring (bicyclic) bond motifs is 1. The van der Waals surface area contributed by atoms with Gasteiger partial charge in [0.05, 0.1) is 18.8 Å². The predicted molar refractivity (Wildman–Crippen MR) is 55.3 cm³/mol. The Balaban J connectivity index is 1.92. The summed E-state index contributed by atoms with van der Waals surface area (Å²) < 4.78 is 5.60. The standard InChI is InChI=1S/C12H16O2/c1-9(13)8-14-12-6-10-4-2-3-5-11(10)7-12/h2-5,9,12-13H,6-8H2,1H3. The molecule has 0 fully saturated rings. The molecule has 1 N–H and O–H groups in total. The van der Waals surface area contributed by atoms with Crippen LogP contribution in [0, 0.1) is 0 Å². The van der Waals surface area contributed by atoms with Crippen molar-refractivity contribution in [3.63, 3.8) is 0 Å². The quantitative estimate of drug-likeness (QED) is 0.787. The third-order valence-corrected chi connectivity index (χ3v) is 2.59. The summed E-state index contributed by atoms with van der Waals surface area (Å²) in [4.78, 5) is 0. The molecule has 0 saturated heterocycles. The van der Waals surface area contributed by atoms with Gasteiger partial charge in [-0.3, -0.25) is 0 Å². The van der Waals surface area contributed by atoms with Crippen LogP contribution < -0.4 is 0 Å². The first-order valence-corrected chi connectivity index (χ1v) is 5.12. The Morgan fingerprint density at radius 1 is 1.36 bits per heavy atom. The van der Waals surface area contributed by atoms with Gasteiger partial charge in [-0.1, -0.05) is 24.3 Å². The monoisotopic (exact) mass is 192 g/mol. The molecule has 1 aliphatic carbocycles. The maximum Gasteiger partial charge on any atom is 0.0745 e. The van der Waals surface area contributed by atoms with Gasteiger partial charge in [0.15, 0.2) is 0 Å². The van der Waals surface area contributed by atoms with Crippen molar-refractivity contribution in [1.82, 2.24) is 0 Å². The summed E-state index contributed by atoms with van der Waals surface area (Å²) in [6, 6.07) is 8.44. The summed E-state index contributed by atoms with van der Waals surface area (Å²) in [6.45, 7) is 2.20. The van der Waals surface area contributed by atoms with Crippen molar-refractivity contribution in [2.24, 2.45) is 0 Å². The van der Waals surface area contributed by atoms with E-state index in [-0.39, 0.29) is 12.2 Å². The van der Waals surface area contributed by atoms with Gasteiger partial charge < -0.3 is 9.84 Å². The highest BCUT2D eigenvalue weighted by atomic mass is 16.5. The molecule has 2 nitrogen and oxygen atoms in total. The smallest absolute Gasteiger partial charge is 0.0745 e. The first kappa shape index (κ1) is 9.69. The Morgan fingerprint density at radius 2 is 1.93 bits per heavy atom. The summed E-state index contributed by atoms with van der Waals surface area (Å²) >= 11 is 0. The number of benzene rings is 1. The van der Waals surface area contributed by atoms with Gasteiger partial charge in [-0.05, 0) is 30.9 Å². The fourth-order valence-corrected chi connectivity index (χ4v) is 1.91. The van der Waals surface area contributed by atoms with Gasteiger partial charge in [-0.25, -0.2) is 0 Å². The lowest BCUT2D eigenvalue weighted by molar-refractivity contribution is 0.00220. The van der Waals surface area contributed by atoms with E-state index in [0.29, 0.717) is 6.61 Å². The normalized spacial score (nSPS) is 18.1. The van der Waals surface area contributed by atoms with Crippen molar-refractivity contribution in [2.75, 3.05) is 6.61 Å². The molecule has 76 valence electrons. The SMILES string of the molecule is CC(O)COC1Cc2ccccc2C1. The van der Waals surface area contributed by atoms with Crippen LogP contribution in [-0.2, 0) is 17.6 Å². The van der Waals surface area contributed by atoms with E-state index < -0.39 is 0 Å². The third kappa shape index (κ3) is 2.14. The lowest BCUT2D eigenvalue weighted by atomic mass is 10.1. The molecule has 0 radical (unpaired) electrons. The zero-order valence-electron chi connectivity index (χ0n) is 8.44. The topological polar surface area (TPSA) is 29.5 Å². The molecule has 0 aromatic heterocycles. The molecule has 0 saturated carbocycles. The molecule has 1 atom stereocenters. The molecule has 1 unspecified atom stereocenters. The largest absolute Gasteiger partial charge is 0.391 e. The Hall–Kier alpha value is -0.860. The van der Waals surface area contributed by atoms with Crippen LogP contribution in [0.5, 0.6) is 0 Å². The minimum atomic E-state index is -0.362. The molecule has 0 amide bonds. The second kappa shape index (κ2) is 4.11. The molecule has 1 aromatic rings. The number of ether oxygens (including phenoxy) is 1. The van der Waals surface area contributed by atoms with Crippen molar-refractivity contribution in [3.8, 4) is 0 Å². The molecular weight excluding hydrogens is 176 g/mol. The maximum atomic E-state index is 9.10. The van der Waals surface area contributed by atoms with Crippen molar-refractivity contribution in [1.29, 1.82) is 0 Å². The zero-order chi connectivity index (χ0) is 9.97. The Morgan fingerprint density at radius 3 is 2.43 bits per heavy atom. The van der Waals surface area contributed by atoms with E-state index in [2.05, 4.69) is 24.3 Å². The van der Waals surface area contributed by atoms with Crippen molar-refractivity contribution >= 4 is 0 Å². The molecular formula is C12H16O2. The number of hydrogen-bond acceptors (Lipinski definition) is 2. The molecule has 14 heavy (non-hydrogen) atoms. The van der Waals surface area contributed by atoms with Crippen LogP contribution in [0.4, 0.5) is 0 Å².